The number of ether oxygens (including phenoxy) is 3. The fourth-order valence-corrected chi connectivity index (χ4v) is 2.00. The summed E-state index contributed by atoms with van der Waals surface area (Å²) >= 11 is 0. The van der Waals surface area contributed by atoms with Crippen LogP contribution in [0.1, 0.15) is 5.56 Å². The van der Waals surface area contributed by atoms with Crippen LogP contribution in [-0.4, -0.2) is 18.7 Å². The number of rotatable bonds is 2. The quantitative estimate of drug-likeness (QED) is 0.621. The lowest BCUT2D eigenvalue weighted by Gasteiger charge is -2.24. The van der Waals surface area contributed by atoms with E-state index in [1.54, 1.807) is 24.3 Å². The number of fused-ring (bicyclic) bond motifs is 1. The lowest BCUT2D eigenvalue weighted by molar-refractivity contribution is -0.144. The second-order valence-corrected chi connectivity index (χ2v) is 4.60. The number of hydrogen-bond donors (Lipinski definition) is 0. The van der Waals surface area contributed by atoms with E-state index < -0.39 is 12.1 Å². The smallest absolute Gasteiger partial charge is 0.356 e. The molecule has 1 heterocycles. The van der Waals surface area contributed by atoms with Crippen LogP contribution >= 0.6 is 0 Å². The molecule has 0 radical (unpaired) electrons. The molecule has 0 saturated carbocycles. The number of benzene rings is 2. The summed E-state index contributed by atoms with van der Waals surface area (Å²) in [5.41, 5.74) is 1.03. The van der Waals surface area contributed by atoms with Crippen LogP contribution in [0.25, 0.3) is 0 Å². The third-order valence-corrected chi connectivity index (χ3v) is 2.98. The van der Waals surface area contributed by atoms with E-state index >= 15 is 0 Å². The van der Waals surface area contributed by atoms with Gasteiger partial charge in [-0.2, -0.15) is 0 Å². The highest BCUT2D eigenvalue weighted by atomic mass is 16.6. The van der Waals surface area contributed by atoms with E-state index in [0.717, 1.165) is 5.56 Å². The first-order chi connectivity index (χ1) is 9.72. The lowest BCUT2D eigenvalue weighted by atomic mass is 10.2. The molecule has 0 fully saturated rings. The van der Waals surface area contributed by atoms with E-state index in [1.807, 2.05) is 31.2 Å². The first kappa shape index (κ1) is 12.5. The fourth-order valence-electron chi connectivity index (χ4n) is 2.00. The maximum Gasteiger partial charge on any atom is 0.356 e. The number of carbonyl (C=O) groups is 1. The first-order valence-corrected chi connectivity index (χ1v) is 6.39. The monoisotopic (exact) mass is 270 g/mol. The molecule has 0 bridgehead atoms. The molecule has 3 rings (SSSR count). The first-order valence-electron chi connectivity index (χ1n) is 6.39. The molecule has 0 amide bonds. The Bertz CT molecular complexity index is 636. The summed E-state index contributed by atoms with van der Waals surface area (Å²) in [6, 6.07) is 14.6. The molecule has 1 unspecified atom stereocenters. The molecule has 2 aromatic rings. The number of para-hydroxylation sites is 2. The minimum Gasteiger partial charge on any atom is -0.485 e. The molecule has 1 atom stereocenters. The summed E-state index contributed by atoms with van der Waals surface area (Å²) in [6.45, 7) is 2.09. The standard InChI is InChI=1S/C16H14O4/c1-11-5-4-6-12(9-11)19-16(17)15-10-18-13-7-2-3-8-14(13)20-15/h2-9,15H,10H2,1H3. The van der Waals surface area contributed by atoms with Crippen LogP contribution in [-0.2, 0) is 4.79 Å². The summed E-state index contributed by atoms with van der Waals surface area (Å²) in [5.74, 6) is 1.26. The zero-order valence-electron chi connectivity index (χ0n) is 11.0. The molecule has 102 valence electrons. The Morgan fingerprint density at radius 1 is 1.15 bits per heavy atom. The van der Waals surface area contributed by atoms with Gasteiger partial charge in [0.2, 0.25) is 6.10 Å². The van der Waals surface area contributed by atoms with Gasteiger partial charge in [-0.1, -0.05) is 24.3 Å². The van der Waals surface area contributed by atoms with Crippen molar-refractivity contribution in [2.45, 2.75) is 13.0 Å². The molecule has 20 heavy (non-hydrogen) atoms. The van der Waals surface area contributed by atoms with E-state index in [-0.39, 0.29) is 6.61 Å². The van der Waals surface area contributed by atoms with Crippen molar-refractivity contribution in [1.82, 2.24) is 0 Å². The van der Waals surface area contributed by atoms with E-state index in [1.165, 1.54) is 0 Å². The van der Waals surface area contributed by atoms with Crippen LogP contribution in [0.15, 0.2) is 48.5 Å². The van der Waals surface area contributed by atoms with Gasteiger partial charge >= 0.3 is 5.97 Å². The molecule has 2 aromatic carbocycles. The molecular formula is C16H14O4. The number of carbonyl (C=O) groups excluding carboxylic acids is 1. The summed E-state index contributed by atoms with van der Waals surface area (Å²) in [6.07, 6.45) is -0.745. The largest absolute Gasteiger partial charge is 0.485 e. The van der Waals surface area contributed by atoms with Gasteiger partial charge in [-0.3, -0.25) is 0 Å². The van der Waals surface area contributed by atoms with Gasteiger partial charge in [0, 0.05) is 0 Å². The molecule has 0 spiro atoms. The minimum absolute atomic E-state index is 0.154. The Morgan fingerprint density at radius 2 is 1.95 bits per heavy atom. The maximum absolute atomic E-state index is 12.1. The van der Waals surface area contributed by atoms with Crippen LogP contribution in [0.3, 0.4) is 0 Å². The van der Waals surface area contributed by atoms with Crippen LogP contribution in [0.4, 0.5) is 0 Å². The second-order valence-electron chi connectivity index (χ2n) is 4.60. The van der Waals surface area contributed by atoms with Crippen LogP contribution in [0.2, 0.25) is 0 Å². The Labute approximate surface area is 116 Å². The number of esters is 1. The predicted molar refractivity (Wildman–Crippen MR) is 73.2 cm³/mol. The van der Waals surface area contributed by atoms with Gasteiger partial charge in [-0.25, -0.2) is 4.79 Å². The normalized spacial score (nSPS) is 16.6. The average Bonchev–Trinajstić information content (AvgIpc) is 2.47. The number of hydrogen-bond acceptors (Lipinski definition) is 4. The van der Waals surface area contributed by atoms with Gasteiger partial charge in [0.05, 0.1) is 0 Å². The second kappa shape index (κ2) is 5.25. The van der Waals surface area contributed by atoms with Gasteiger partial charge in [0.25, 0.3) is 0 Å². The zero-order valence-corrected chi connectivity index (χ0v) is 11.0. The van der Waals surface area contributed by atoms with Crippen LogP contribution in [0.5, 0.6) is 17.2 Å². The van der Waals surface area contributed by atoms with Crippen molar-refractivity contribution >= 4 is 5.97 Å². The van der Waals surface area contributed by atoms with Gasteiger partial charge in [0.1, 0.15) is 12.4 Å². The Kier molecular flexibility index (Phi) is 3.29. The topological polar surface area (TPSA) is 44.8 Å². The summed E-state index contributed by atoms with van der Waals surface area (Å²) in [5, 5.41) is 0. The minimum atomic E-state index is -0.745. The Hall–Kier alpha value is -2.49. The Morgan fingerprint density at radius 3 is 2.75 bits per heavy atom. The summed E-state index contributed by atoms with van der Waals surface area (Å²) < 4.78 is 16.4. The van der Waals surface area contributed by atoms with Gasteiger partial charge in [-0.15, -0.1) is 0 Å². The molecule has 1 aliphatic heterocycles. The zero-order chi connectivity index (χ0) is 13.9. The summed E-state index contributed by atoms with van der Waals surface area (Å²) in [7, 11) is 0. The third-order valence-electron chi connectivity index (χ3n) is 2.98. The van der Waals surface area contributed by atoms with Crippen molar-refractivity contribution in [2.75, 3.05) is 6.61 Å². The van der Waals surface area contributed by atoms with Crippen molar-refractivity contribution in [1.29, 1.82) is 0 Å². The van der Waals surface area contributed by atoms with Crippen molar-refractivity contribution in [3.8, 4) is 17.2 Å². The highest BCUT2D eigenvalue weighted by Gasteiger charge is 2.29. The molecule has 0 aromatic heterocycles. The molecule has 0 N–H and O–H groups in total. The lowest BCUT2D eigenvalue weighted by Crippen LogP contribution is -2.39. The summed E-state index contributed by atoms with van der Waals surface area (Å²) in [4.78, 5) is 12.1. The van der Waals surface area contributed by atoms with E-state index in [0.29, 0.717) is 17.2 Å². The van der Waals surface area contributed by atoms with Gasteiger partial charge in [0.15, 0.2) is 11.5 Å². The predicted octanol–water partition coefficient (Wildman–Crippen LogP) is 2.74. The molecule has 1 aliphatic rings. The fraction of sp³-hybridized carbons (Fsp3) is 0.188. The highest BCUT2D eigenvalue weighted by molar-refractivity contribution is 5.78. The third kappa shape index (κ3) is 2.59. The van der Waals surface area contributed by atoms with Crippen molar-refractivity contribution in [3.05, 3.63) is 54.1 Å². The molecule has 4 nitrogen and oxygen atoms in total. The van der Waals surface area contributed by atoms with Gasteiger partial charge < -0.3 is 14.2 Å². The number of aryl methyl sites for hydroxylation is 1. The average molecular weight is 270 g/mol. The SMILES string of the molecule is Cc1cccc(OC(=O)C2COc3ccccc3O2)c1. The highest BCUT2D eigenvalue weighted by Crippen LogP contribution is 2.31. The maximum atomic E-state index is 12.1. The molecule has 0 aliphatic carbocycles. The van der Waals surface area contributed by atoms with Crippen LogP contribution in [0, 0.1) is 6.92 Å². The van der Waals surface area contributed by atoms with E-state index in [9.17, 15) is 4.79 Å². The molecule has 4 heteroatoms. The van der Waals surface area contributed by atoms with Crippen molar-refractivity contribution in [2.24, 2.45) is 0 Å². The molecule has 0 saturated heterocycles. The van der Waals surface area contributed by atoms with E-state index in [4.69, 9.17) is 14.2 Å². The van der Waals surface area contributed by atoms with Crippen molar-refractivity contribution < 1.29 is 19.0 Å². The van der Waals surface area contributed by atoms with E-state index in [2.05, 4.69) is 0 Å². The molecular weight excluding hydrogens is 256 g/mol. The van der Waals surface area contributed by atoms with Gasteiger partial charge in [-0.05, 0) is 36.8 Å². The van der Waals surface area contributed by atoms with Crippen molar-refractivity contribution in [3.63, 3.8) is 0 Å². The van der Waals surface area contributed by atoms with Crippen LogP contribution < -0.4 is 14.2 Å². The Balaban J connectivity index is 1.70.